The number of benzene rings is 1. The number of amides is 1. The molecule has 1 aliphatic heterocycles. The first kappa shape index (κ1) is 14.0. The van der Waals surface area contributed by atoms with Gasteiger partial charge in [0.15, 0.2) is 0 Å². The van der Waals surface area contributed by atoms with Crippen LogP contribution in [0.15, 0.2) is 18.2 Å². The fraction of sp³-hybridized carbons (Fsp3) is 0.500. The van der Waals surface area contributed by atoms with Gasteiger partial charge in [0, 0.05) is 12.6 Å². The number of halogens is 1. The SMILES string of the molecule is C[C@@H](c1ccc(N2CC[C@H](N)C2=O)c(F)c1)N(C)C. The number of anilines is 1. The van der Waals surface area contributed by atoms with Gasteiger partial charge in [-0.15, -0.1) is 0 Å². The molecule has 4 nitrogen and oxygen atoms in total. The lowest BCUT2D eigenvalue weighted by atomic mass is 10.1. The van der Waals surface area contributed by atoms with E-state index in [4.69, 9.17) is 5.73 Å². The van der Waals surface area contributed by atoms with Crippen molar-refractivity contribution in [2.75, 3.05) is 25.5 Å². The average molecular weight is 265 g/mol. The molecule has 0 aromatic heterocycles. The number of nitrogens with two attached hydrogens (primary N) is 1. The maximum atomic E-state index is 14.2. The Hall–Kier alpha value is -1.46. The number of carbonyl (C=O) groups excluding carboxylic acids is 1. The van der Waals surface area contributed by atoms with Crippen molar-refractivity contribution in [1.29, 1.82) is 0 Å². The van der Waals surface area contributed by atoms with Gasteiger partial charge in [-0.25, -0.2) is 4.39 Å². The molecule has 1 fully saturated rings. The Kier molecular flexibility index (Phi) is 3.87. The summed E-state index contributed by atoms with van der Waals surface area (Å²) in [6.07, 6.45) is 0.578. The van der Waals surface area contributed by atoms with E-state index >= 15 is 0 Å². The van der Waals surface area contributed by atoms with Gasteiger partial charge < -0.3 is 15.5 Å². The van der Waals surface area contributed by atoms with Crippen molar-refractivity contribution in [3.8, 4) is 0 Å². The van der Waals surface area contributed by atoms with Crippen LogP contribution in [0.5, 0.6) is 0 Å². The van der Waals surface area contributed by atoms with Gasteiger partial charge in [-0.1, -0.05) is 6.07 Å². The van der Waals surface area contributed by atoms with Crippen LogP contribution in [0.2, 0.25) is 0 Å². The summed E-state index contributed by atoms with van der Waals surface area (Å²) in [5.41, 5.74) is 6.87. The molecule has 1 heterocycles. The van der Waals surface area contributed by atoms with Crippen LogP contribution in [0.1, 0.15) is 24.9 Å². The van der Waals surface area contributed by atoms with E-state index in [0.717, 1.165) is 5.56 Å². The van der Waals surface area contributed by atoms with Crippen molar-refractivity contribution in [3.05, 3.63) is 29.6 Å². The topological polar surface area (TPSA) is 49.6 Å². The van der Waals surface area contributed by atoms with Crippen LogP contribution in [0.4, 0.5) is 10.1 Å². The Bertz CT molecular complexity index is 490. The van der Waals surface area contributed by atoms with E-state index in [0.29, 0.717) is 18.7 Å². The van der Waals surface area contributed by atoms with Crippen LogP contribution in [-0.2, 0) is 4.79 Å². The second-order valence-electron chi connectivity index (χ2n) is 5.24. The summed E-state index contributed by atoms with van der Waals surface area (Å²) in [7, 11) is 3.89. The summed E-state index contributed by atoms with van der Waals surface area (Å²) < 4.78 is 14.2. The van der Waals surface area contributed by atoms with Crippen LogP contribution in [-0.4, -0.2) is 37.5 Å². The van der Waals surface area contributed by atoms with Gasteiger partial charge in [-0.05, 0) is 45.1 Å². The second-order valence-corrected chi connectivity index (χ2v) is 5.24. The first-order chi connectivity index (χ1) is 8.91. The highest BCUT2D eigenvalue weighted by molar-refractivity contribution is 5.99. The number of nitrogens with zero attached hydrogens (tertiary/aromatic N) is 2. The van der Waals surface area contributed by atoms with Crippen LogP contribution in [0, 0.1) is 5.82 Å². The monoisotopic (exact) mass is 265 g/mol. The third kappa shape index (κ3) is 2.62. The Labute approximate surface area is 113 Å². The molecule has 0 unspecified atom stereocenters. The summed E-state index contributed by atoms with van der Waals surface area (Å²) in [5, 5.41) is 0. The van der Waals surface area contributed by atoms with Gasteiger partial charge in [0.1, 0.15) is 5.82 Å². The second kappa shape index (κ2) is 5.27. The van der Waals surface area contributed by atoms with Crippen molar-refractivity contribution >= 4 is 11.6 Å². The number of hydrogen-bond donors (Lipinski definition) is 1. The minimum absolute atomic E-state index is 0.125. The molecular weight excluding hydrogens is 245 g/mol. The molecule has 2 rings (SSSR count). The van der Waals surface area contributed by atoms with E-state index < -0.39 is 6.04 Å². The minimum Gasteiger partial charge on any atom is -0.320 e. The molecule has 1 amide bonds. The van der Waals surface area contributed by atoms with Gasteiger partial charge in [-0.2, -0.15) is 0 Å². The molecule has 1 aliphatic rings. The lowest BCUT2D eigenvalue weighted by molar-refractivity contribution is -0.118. The standard InChI is InChI=1S/C14H20FN3O/c1-9(17(2)3)10-4-5-13(11(15)8-10)18-7-6-12(16)14(18)19/h4-5,8-9,12H,6-7,16H2,1-3H3/t9-,12-/m0/s1. The van der Waals surface area contributed by atoms with Gasteiger partial charge >= 0.3 is 0 Å². The van der Waals surface area contributed by atoms with E-state index in [1.54, 1.807) is 6.07 Å². The molecular formula is C14H20FN3O. The predicted molar refractivity (Wildman–Crippen MR) is 73.4 cm³/mol. The molecule has 1 saturated heterocycles. The summed E-state index contributed by atoms with van der Waals surface area (Å²) in [4.78, 5) is 15.3. The molecule has 0 radical (unpaired) electrons. The Balaban J connectivity index is 2.27. The van der Waals surface area contributed by atoms with Crippen molar-refractivity contribution in [2.45, 2.75) is 25.4 Å². The number of rotatable bonds is 3. The summed E-state index contributed by atoms with van der Waals surface area (Å²) in [6, 6.07) is 4.65. The summed E-state index contributed by atoms with van der Waals surface area (Å²) in [5.74, 6) is -0.569. The summed E-state index contributed by atoms with van der Waals surface area (Å²) >= 11 is 0. The Morgan fingerprint density at radius 3 is 2.63 bits per heavy atom. The van der Waals surface area contributed by atoms with Gasteiger partial charge in [-0.3, -0.25) is 4.79 Å². The molecule has 2 atom stereocenters. The van der Waals surface area contributed by atoms with E-state index in [2.05, 4.69) is 0 Å². The molecule has 0 spiro atoms. The van der Waals surface area contributed by atoms with Crippen LogP contribution >= 0.6 is 0 Å². The van der Waals surface area contributed by atoms with Gasteiger partial charge in [0.2, 0.25) is 5.91 Å². The maximum Gasteiger partial charge on any atom is 0.244 e. The smallest absolute Gasteiger partial charge is 0.244 e. The molecule has 0 bridgehead atoms. The maximum absolute atomic E-state index is 14.2. The first-order valence-electron chi connectivity index (χ1n) is 6.44. The third-order valence-electron chi connectivity index (χ3n) is 3.77. The average Bonchev–Trinajstić information content (AvgIpc) is 2.69. The van der Waals surface area contributed by atoms with Gasteiger partial charge in [0.25, 0.3) is 0 Å². The van der Waals surface area contributed by atoms with E-state index in [-0.39, 0.29) is 17.8 Å². The molecule has 0 aliphatic carbocycles. The number of carbonyl (C=O) groups is 1. The van der Waals surface area contributed by atoms with Crippen LogP contribution in [0.3, 0.4) is 0 Å². The minimum atomic E-state index is -0.500. The number of hydrogen-bond acceptors (Lipinski definition) is 3. The fourth-order valence-electron chi connectivity index (χ4n) is 2.24. The largest absolute Gasteiger partial charge is 0.320 e. The van der Waals surface area contributed by atoms with E-state index in [1.807, 2.05) is 32.0 Å². The quantitative estimate of drug-likeness (QED) is 0.901. The molecule has 104 valence electrons. The van der Waals surface area contributed by atoms with Crippen molar-refractivity contribution in [1.82, 2.24) is 4.90 Å². The van der Waals surface area contributed by atoms with Crippen molar-refractivity contribution in [3.63, 3.8) is 0 Å². The highest BCUT2D eigenvalue weighted by atomic mass is 19.1. The van der Waals surface area contributed by atoms with E-state index in [9.17, 15) is 9.18 Å². The molecule has 5 heteroatoms. The Morgan fingerprint density at radius 1 is 1.47 bits per heavy atom. The highest BCUT2D eigenvalue weighted by Crippen LogP contribution is 2.27. The molecule has 0 saturated carbocycles. The third-order valence-corrected chi connectivity index (χ3v) is 3.77. The molecule has 19 heavy (non-hydrogen) atoms. The zero-order valence-corrected chi connectivity index (χ0v) is 11.6. The normalized spacial score (nSPS) is 21.3. The Morgan fingerprint density at radius 2 is 2.16 bits per heavy atom. The summed E-state index contributed by atoms with van der Waals surface area (Å²) in [6.45, 7) is 2.49. The van der Waals surface area contributed by atoms with Crippen molar-refractivity contribution in [2.24, 2.45) is 5.73 Å². The zero-order chi connectivity index (χ0) is 14.2. The van der Waals surface area contributed by atoms with Crippen LogP contribution in [0.25, 0.3) is 0 Å². The van der Waals surface area contributed by atoms with Crippen LogP contribution < -0.4 is 10.6 Å². The zero-order valence-electron chi connectivity index (χ0n) is 11.6. The highest BCUT2D eigenvalue weighted by Gasteiger charge is 2.31. The molecule has 1 aromatic carbocycles. The lowest BCUT2D eigenvalue weighted by Crippen LogP contribution is -2.34. The first-order valence-corrected chi connectivity index (χ1v) is 6.44. The van der Waals surface area contributed by atoms with Gasteiger partial charge in [0.05, 0.1) is 11.7 Å². The fourth-order valence-corrected chi connectivity index (χ4v) is 2.24. The van der Waals surface area contributed by atoms with E-state index in [1.165, 1.54) is 11.0 Å². The molecule has 1 aromatic rings. The van der Waals surface area contributed by atoms with Crippen molar-refractivity contribution < 1.29 is 9.18 Å². The predicted octanol–water partition coefficient (Wildman–Crippen LogP) is 1.51. The lowest BCUT2D eigenvalue weighted by Gasteiger charge is -2.22. The molecule has 2 N–H and O–H groups in total.